The van der Waals surface area contributed by atoms with Crippen LogP contribution in [0, 0.1) is 13.8 Å². The zero-order chi connectivity index (χ0) is 22.1. The van der Waals surface area contributed by atoms with Crippen molar-refractivity contribution in [2.45, 2.75) is 25.0 Å². The number of pyridine rings is 1. The van der Waals surface area contributed by atoms with Gasteiger partial charge in [0, 0.05) is 37.1 Å². The second-order valence-electron chi connectivity index (χ2n) is 7.54. The van der Waals surface area contributed by atoms with Crippen molar-refractivity contribution in [3.05, 3.63) is 88.5 Å². The Labute approximate surface area is 188 Å². The predicted molar refractivity (Wildman–Crippen MR) is 122 cm³/mol. The lowest BCUT2D eigenvalue weighted by Crippen LogP contribution is -2.46. The molecule has 2 aromatic heterocycles. The van der Waals surface area contributed by atoms with E-state index in [1.165, 1.54) is 12.4 Å². The Hall–Kier alpha value is -2.52. The molecule has 7 nitrogen and oxygen atoms in total. The van der Waals surface area contributed by atoms with E-state index < -0.39 is 21.4 Å². The van der Waals surface area contributed by atoms with Gasteiger partial charge in [-0.2, -0.15) is 0 Å². The molecule has 0 aliphatic rings. The molecule has 0 aliphatic heterocycles. The van der Waals surface area contributed by atoms with Gasteiger partial charge < -0.3 is 9.67 Å². The van der Waals surface area contributed by atoms with Crippen molar-refractivity contribution in [2.75, 3.05) is 6.61 Å². The largest absolute Gasteiger partial charge is 0.394 e. The van der Waals surface area contributed by atoms with E-state index >= 15 is 0 Å². The number of ketones is 1. The van der Waals surface area contributed by atoms with E-state index in [4.69, 9.17) is 5.14 Å². The number of rotatable bonds is 7. The number of nitrogens with two attached hydrogens (primary N) is 1. The average molecular weight is 464 g/mol. The molecule has 3 rings (SSSR count). The first-order chi connectivity index (χ1) is 14.1. The number of carbonyl (C=O) groups excluding carboxylic acids is 1. The lowest BCUT2D eigenvalue weighted by molar-refractivity contribution is 0.103. The van der Waals surface area contributed by atoms with E-state index in [1.807, 2.05) is 19.1 Å². The monoisotopic (exact) mass is 463 g/mol. The smallest absolute Gasteiger partial charge is 0.221 e. The first-order valence-electron chi connectivity index (χ1n) is 9.41. The van der Waals surface area contributed by atoms with Gasteiger partial charge >= 0.3 is 0 Å². The summed E-state index contributed by atoms with van der Waals surface area (Å²) < 4.78 is 25.1. The van der Waals surface area contributed by atoms with Gasteiger partial charge in [0.05, 0.1) is 12.3 Å². The van der Waals surface area contributed by atoms with E-state index in [0.717, 1.165) is 5.56 Å². The fourth-order valence-electron chi connectivity index (χ4n) is 3.69. The highest BCUT2D eigenvalue weighted by Gasteiger charge is 2.44. The minimum absolute atomic E-state index is 0. The normalized spacial score (nSPS) is 13.3. The van der Waals surface area contributed by atoms with Gasteiger partial charge in [-0.25, -0.2) is 13.6 Å². The summed E-state index contributed by atoms with van der Waals surface area (Å²) in [5.74, 6) is -0.159. The standard InChI is InChI=1S/C22H25N3O4S.ClH/c1-15-6-8-17(9-7-15)21(27)20-16(2)11-19(25(20)3)12-22(14-26,30(23,28)29)18-5-4-10-24-13-18;/h4-11,13,26H,12,14H2,1-3H3,(H2,23,28,29);1H. The van der Waals surface area contributed by atoms with E-state index in [1.54, 1.807) is 48.9 Å². The highest BCUT2D eigenvalue weighted by molar-refractivity contribution is 7.90. The van der Waals surface area contributed by atoms with Crippen LogP contribution in [-0.4, -0.2) is 35.5 Å². The number of halogens is 1. The molecule has 0 spiro atoms. The Morgan fingerprint density at radius 2 is 1.84 bits per heavy atom. The highest BCUT2D eigenvalue weighted by atomic mass is 35.5. The third-order valence-corrected chi connectivity index (χ3v) is 7.10. The fraction of sp³-hybridized carbons (Fsp3) is 0.273. The van der Waals surface area contributed by atoms with Crippen LogP contribution in [0.25, 0.3) is 0 Å². The third kappa shape index (κ3) is 4.57. The van der Waals surface area contributed by atoms with Gasteiger partial charge in [0.1, 0.15) is 4.75 Å². The van der Waals surface area contributed by atoms with Crippen LogP contribution in [0.3, 0.4) is 0 Å². The maximum absolute atomic E-state index is 13.1. The van der Waals surface area contributed by atoms with Crippen molar-refractivity contribution < 1.29 is 18.3 Å². The zero-order valence-corrected chi connectivity index (χ0v) is 19.2. The highest BCUT2D eigenvalue weighted by Crippen LogP contribution is 2.33. The van der Waals surface area contributed by atoms with E-state index in [2.05, 4.69) is 4.98 Å². The number of aromatic nitrogens is 2. The minimum Gasteiger partial charge on any atom is -0.394 e. The summed E-state index contributed by atoms with van der Waals surface area (Å²) in [6, 6.07) is 12.2. The lowest BCUT2D eigenvalue weighted by atomic mass is 9.95. The molecule has 0 fully saturated rings. The molecule has 0 bridgehead atoms. The Morgan fingerprint density at radius 3 is 2.35 bits per heavy atom. The summed E-state index contributed by atoms with van der Waals surface area (Å²) in [6.45, 7) is 3.02. The number of hydrogen-bond donors (Lipinski definition) is 2. The number of primary sulfonamides is 1. The van der Waals surface area contributed by atoms with E-state index in [9.17, 15) is 18.3 Å². The molecule has 1 unspecified atom stereocenters. The van der Waals surface area contributed by atoms with Crippen molar-refractivity contribution in [1.29, 1.82) is 0 Å². The third-order valence-electron chi connectivity index (χ3n) is 5.51. The average Bonchev–Trinajstić information content (AvgIpc) is 2.98. The van der Waals surface area contributed by atoms with Gasteiger partial charge in [0.25, 0.3) is 0 Å². The van der Waals surface area contributed by atoms with Crippen molar-refractivity contribution in [1.82, 2.24) is 9.55 Å². The lowest BCUT2D eigenvalue weighted by Gasteiger charge is -2.30. The van der Waals surface area contributed by atoms with Gasteiger partial charge in [0.2, 0.25) is 15.8 Å². The molecule has 1 atom stereocenters. The van der Waals surface area contributed by atoms with Gasteiger partial charge in [-0.05, 0) is 37.1 Å². The first kappa shape index (κ1) is 24.7. The molecule has 0 radical (unpaired) electrons. The molecule has 1 aromatic carbocycles. The van der Waals surface area contributed by atoms with Crippen LogP contribution in [-0.2, 0) is 28.2 Å². The summed E-state index contributed by atoms with van der Waals surface area (Å²) in [6.07, 6.45) is 2.79. The quantitative estimate of drug-likeness (QED) is 0.522. The van der Waals surface area contributed by atoms with Crippen LogP contribution < -0.4 is 5.14 Å². The molecule has 166 valence electrons. The molecule has 0 saturated carbocycles. The number of aliphatic hydroxyl groups excluding tert-OH is 1. The Bertz CT molecular complexity index is 1180. The molecule has 31 heavy (non-hydrogen) atoms. The van der Waals surface area contributed by atoms with Crippen LogP contribution in [0.1, 0.15) is 38.4 Å². The molecule has 9 heteroatoms. The van der Waals surface area contributed by atoms with Crippen molar-refractivity contribution in [3.8, 4) is 0 Å². The molecule has 0 amide bonds. The summed E-state index contributed by atoms with van der Waals surface area (Å²) in [5.41, 5.74) is 3.62. The number of nitrogens with zero attached hydrogens (tertiary/aromatic N) is 2. The first-order valence-corrected chi connectivity index (χ1v) is 11.0. The molecule has 3 aromatic rings. The molecular formula is C22H26ClN3O4S. The maximum atomic E-state index is 13.1. The molecule has 3 N–H and O–H groups in total. The van der Waals surface area contributed by atoms with Crippen LogP contribution in [0.5, 0.6) is 0 Å². The second kappa shape index (κ2) is 9.32. The van der Waals surface area contributed by atoms with Crippen molar-refractivity contribution in [2.24, 2.45) is 12.2 Å². The number of sulfonamides is 1. The van der Waals surface area contributed by atoms with Gasteiger partial charge in [-0.1, -0.05) is 35.9 Å². The summed E-state index contributed by atoms with van der Waals surface area (Å²) in [5, 5.41) is 15.7. The van der Waals surface area contributed by atoms with Gasteiger partial charge in [-0.3, -0.25) is 9.78 Å². The van der Waals surface area contributed by atoms with Crippen molar-refractivity contribution in [3.63, 3.8) is 0 Å². The van der Waals surface area contributed by atoms with Crippen LogP contribution in [0.15, 0.2) is 54.9 Å². The summed E-state index contributed by atoms with van der Waals surface area (Å²) >= 11 is 0. The minimum atomic E-state index is -4.21. The van der Waals surface area contributed by atoms with E-state index in [0.29, 0.717) is 28.1 Å². The number of benzene rings is 1. The summed E-state index contributed by atoms with van der Waals surface area (Å²) in [7, 11) is -2.51. The summed E-state index contributed by atoms with van der Waals surface area (Å²) in [4.78, 5) is 17.1. The van der Waals surface area contributed by atoms with Crippen LogP contribution >= 0.6 is 12.4 Å². The SMILES string of the molecule is Cc1ccc(C(=O)c2c(C)cc(CC(CO)(c3cccnc3)S(N)(=O)=O)n2C)cc1.Cl. The molecule has 0 aliphatic carbocycles. The second-order valence-corrected chi connectivity index (χ2v) is 9.41. The van der Waals surface area contributed by atoms with Gasteiger partial charge in [-0.15, -0.1) is 12.4 Å². The number of carbonyl (C=O) groups is 1. The molecule has 0 saturated heterocycles. The predicted octanol–water partition coefficient (Wildman–Crippen LogP) is 2.41. The maximum Gasteiger partial charge on any atom is 0.221 e. The Balaban J connectivity index is 0.00000341. The van der Waals surface area contributed by atoms with Gasteiger partial charge in [0.15, 0.2) is 0 Å². The number of hydrogen-bond acceptors (Lipinski definition) is 5. The van der Waals surface area contributed by atoms with Crippen molar-refractivity contribution >= 4 is 28.2 Å². The number of aliphatic hydroxyl groups is 1. The molecule has 2 heterocycles. The topological polar surface area (TPSA) is 115 Å². The Morgan fingerprint density at radius 1 is 1.19 bits per heavy atom. The zero-order valence-electron chi connectivity index (χ0n) is 17.6. The van der Waals surface area contributed by atoms with Crippen LogP contribution in [0.4, 0.5) is 0 Å². The number of aryl methyl sites for hydroxylation is 2. The Kier molecular flexibility index (Phi) is 7.44. The molecular weight excluding hydrogens is 438 g/mol. The van der Waals surface area contributed by atoms with Crippen LogP contribution in [0.2, 0.25) is 0 Å². The fourth-order valence-corrected chi connectivity index (χ4v) is 4.67. The van der Waals surface area contributed by atoms with E-state index in [-0.39, 0.29) is 24.6 Å².